The molecular weight excluding hydrogens is 461 g/mol. The van der Waals surface area contributed by atoms with Gasteiger partial charge in [-0.3, -0.25) is 9.10 Å². The predicted molar refractivity (Wildman–Crippen MR) is 111 cm³/mol. The Kier molecular flexibility index (Phi) is 7.66. The Labute approximate surface area is 182 Å². The SMILES string of the molecule is CCC(C(=O)Nc1ccc(OC(F)(F)F)cc1)N(c1cc(Cl)ccc1OC)S(C)(=O)=O. The van der Waals surface area contributed by atoms with E-state index in [1.165, 1.54) is 37.4 Å². The lowest BCUT2D eigenvalue weighted by atomic mass is 10.1. The van der Waals surface area contributed by atoms with Crippen molar-refractivity contribution < 1.29 is 35.9 Å². The van der Waals surface area contributed by atoms with Crippen LogP contribution in [-0.4, -0.2) is 40.1 Å². The molecule has 2 aromatic carbocycles. The first-order valence-corrected chi connectivity index (χ1v) is 11.1. The number of halogens is 4. The smallest absolute Gasteiger partial charge is 0.495 e. The van der Waals surface area contributed by atoms with Gasteiger partial charge in [0, 0.05) is 10.7 Å². The van der Waals surface area contributed by atoms with Gasteiger partial charge in [-0.15, -0.1) is 13.2 Å². The lowest BCUT2D eigenvalue weighted by molar-refractivity contribution is -0.274. The van der Waals surface area contributed by atoms with E-state index in [1.54, 1.807) is 6.92 Å². The maximum atomic E-state index is 12.9. The van der Waals surface area contributed by atoms with Crippen LogP contribution in [0, 0.1) is 0 Å². The molecule has 31 heavy (non-hydrogen) atoms. The summed E-state index contributed by atoms with van der Waals surface area (Å²) in [6.07, 6.45) is -3.82. The predicted octanol–water partition coefficient (Wildman–Crippen LogP) is 4.43. The molecule has 0 saturated heterocycles. The first-order valence-electron chi connectivity index (χ1n) is 8.85. The number of carbonyl (C=O) groups is 1. The number of nitrogens with one attached hydrogen (secondary N) is 1. The van der Waals surface area contributed by atoms with Gasteiger partial charge in [0.25, 0.3) is 0 Å². The second kappa shape index (κ2) is 9.65. The van der Waals surface area contributed by atoms with Crippen LogP contribution in [0.1, 0.15) is 13.3 Å². The van der Waals surface area contributed by atoms with Crippen molar-refractivity contribution in [2.45, 2.75) is 25.7 Å². The molecule has 1 N–H and O–H groups in total. The van der Waals surface area contributed by atoms with E-state index in [-0.39, 0.29) is 28.6 Å². The van der Waals surface area contributed by atoms with Gasteiger partial charge in [-0.05, 0) is 48.9 Å². The number of hydrogen-bond acceptors (Lipinski definition) is 5. The number of sulfonamides is 1. The normalized spacial score (nSPS) is 12.7. The van der Waals surface area contributed by atoms with Crippen molar-refractivity contribution >= 4 is 38.9 Å². The van der Waals surface area contributed by atoms with Crippen LogP contribution < -0.4 is 19.1 Å². The van der Waals surface area contributed by atoms with Crippen LogP contribution in [-0.2, 0) is 14.8 Å². The fraction of sp³-hybridized carbons (Fsp3) is 0.316. The van der Waals surface area contributed by atoms with Gasteiger partial charge in [0.2, 0.25) is 15.9 Å². The minimum Gasteiger partial charge on any atom is -0.495 e. The van der Waals surface area contributed by atoms with Crippen LogP contribution in [0.5, 0.6) is 11.5 Å². The lowest BCUT2D eigenvalue weighted by Gasteiger charge is -2.31. The number of benzene rings is 2. The molecule has 1 amide bonds. The van der Waals surface area contributed by atoms with E-state index in [0.717, 1.165) is 22.7 Å². The van der Waals surface area contributed by atoms with E-state index < -0.39 is 34.1 Å². The van der Waals surface area contributed by atoms with Crippen molar-refractivity contribution in [3.05, 3.63) is 47.5 Å². The second-order valence-corrected chi connectivity index (χ2v) is 8.66. The Morgan fingerprint density at radius 2 is 1.81 bits per heavy atom. The fourth-order valence-corrected chi connectivity index (χ4v) is 4.21. The Balaban J connectivity index is 2.35. The first kappa shape index (κ1) is 24.6. The van der Waals surface area contributed by atoms with Crippen molar-refractivity contribution in [1.82, 2.24) is 0 Å². The minimum absolute atomic E-state index is 0.0772. The summed E-state index contributed by atoms with van der Waals surface area (Å²) in [5.41, 5.74) is 0.234. The molecule has 0 fully saturated rings. The van der Waals surface area contributed by atoms with Crippen molar-refractivity contribution in [2.75, 3.05) is 23.0 Å². The average Bonchev–Trinajstić information content (AvgIpc) is 2.65. The van der Waals surface area contributed by atoms with Gasteiger partial charge in [0.15, 0.2) is 0 Å². The number of anilines is 2. The Morgan fingerprint density at radius 3 is 2.29 bits per heavy atom. The monoisotopic (exact) mass is 480 g/mol. The molecule has 170 valence electrons. The second-order valence-electron chi connectivity index (χ2n) is 6.36. The van der Waals surface area contributed by atoms with Crippen LogP contribution in [0.4, 0.5) is 24.5 Å². The van der Waals surface area contributed by atoms with Crippen LogP contribution in [0.3, 0.4) is 0 Å². The maximum absolute atomic E-state index is 12.9. The number of alkyl halides is 3. The zero-order valence-electron chi connectivity index (χ0n) is 16.7. The summed E-state index contributed by atoms with van der Waals surface area (Å²) in [4.78, 5) is 12.9. The summed E-state index contributed by atoms with van der Waals surface area (Å²) in [6, 6.07) is 7.62. The van der Waals surface area contributed by atoms with Crippen LogP contribution in [0.15, 0.2) is 42.5 Å². The van der Waals surface area contributed by atoms with Crippen molar-refractivity contribution in [3.63, 3.8) is 0 Å². The average molecular weight is 481 g/mol. The highest BCUT2D eigenvalue weighted by molar-refractivity contribution is 7.92. The highest BCUT2D eigenvalue weighted by atomic mass is 35.5. The third-order valence-electron chi connectivity index (χ3n) is 4.06. The topological polar surface area (TPSA) is 84.9 Å². The molecule has 12 heteroatoms. The summed E-state index contributed by atoms with van der Waals surface area (Å²) in [5.74, 6) is -0.965. The summed E-state index contributed by atoms with van der Waals surface area (Å²) < 4.78 is 71.9. The van der Waals surface area contributed by atoms with Gasteiger partial charge in [0.1, 0.15) is 17.5 Å². The van der Waals surface area contributed by atoms with E-state index in [0.29, 0.717) is 0 Å². The van der Waals surface area contributed by atoms with E-state index in [1.807, 2.05) is 0 Å². The zero-order chi connectivity index (χ0) is 23.4. The molecule has 0 aliphatic heterocycles. The molecule has 0 spiro atoms. The number of rotatable bonds is 8. The largest absolute Gasteiger partial charge is 0.573 e. The van der Waals surface area contributed by atoms with Gasteiger partial charge < -0.3 is 14.8 Å². The molecule has 0 aromatic heterocycles. The number of hydrogen-bond donors (Lipinski definition) is 1. The van der Waals surface area contributed by atoms with Gasteiger partial charge in [-0.2, -0.15) is 0 Å². The number of methoxy groups -OCH3 is 1. The van der Waals surface area contributed by atoms with Gasteiger partial charge in [-0.25, -0.2) is 8.42 Å². The molecule has 1 unspecified atom stereocenters. The summed E-state index contributed by atoms with van der Waals surface area (Å²) in [6.45, 7) is 1.61. The van der Waals surface area contributed by atoms with Crippen LogP contribution in [0.2, 0.25) is 5.02 Å². The number of carbonyl (C=O) groups excluding carboxylic acids is 1. The lowest BCUT2D eigenvalue weighted by Crippen LogP contribution is -2.47. The third-order valence-corrected chi connectivity index (χ3v) is 5.46. The molecule has 0 heterocycles. The third kappa shape index (κ3) is 6.66. The number of amides is 1. The van der Waals surface area contributed by atoms with Crippen LogP contribution in [0.25, 0.3) is 0 Å². The van der Waals surface area contributed by atoms with Crippen LogP contribution >= 0.6 is 11.6 Å². The van der Waals surface area contributed by atoms with E-state index >= 15 is 0 Å². The van der Waals surface area contributed by atoms with Gasteiger partial charge in [0.05, 0.1) is 19.1 Å². The van der Waals surface area contributed by atoms with Crippen molar-refractivity contribution in [1.29, 1.82) is 0 Å². The molecule has 0 aliphatic carbocycles. The standard InChI is InChI=1S/C19H20ClF3N2O5S/c1-4-15(18(26)24-13-6-8-14(9-7-13)30-19(21,22)23)25(31(3,27)28)16-11-12(20)5-10-17(16)29-2/h5-11,15H,4H2,1-3H3,(H,24,26). The fourth-order valence-electron chi connectivity index (χ4n) is 2.84. The minimum atomic E-state index is -4.84. The number of ether oxygens (including phenoxy) is 2. The highest BCUT2D eigenvalue weighted by Gasteiger charge is 2.34. The molecule has 0 aliphatic rings. The van der Waals surface area contributed by atoms with E-state index in [2.05, 4.69) is 10.1 Å². The molecule has 2 aromatic rings. The molecule has 0 radical (unpaired) electrons. The Bertz CT molecular complexity index is 1030. The Morgan fingerprint density at radius 1 is 1.19 bits per heavy atom. The zero-order valence-corrected chi connectivity index (χ0v) is 18.3. The molecular formula is C19H20ClF3N2O5S. The number of nitrogens with zero attached hydrogens (tertiary/aromatic N) is 1. The van der Waals surface area contributed by atoms with E-state index in [9.17, 15) is 26.4 Å². The van der Waals surface area contributed by atoms with Crippen molar-refractivity contribution in [3.8, 4) is 11.5 Å². The molecule has 1 atom stereocenters. The van der Waals surface area contributed by atoms with Crippen molar-refractivity contribution in [2.24, 2.45) is 0 Å². The molecule has 0 bridgehead atoms. The maximum Gasteiger partial charge on any atom is 0.573 e. The summed E-state index contributed by atoms with van der Waals surface area (Å²) >= 11 is 6.02. The first-order chi connectivity index (χ1) is 14.4. The van der Waals surface area contributed by atoms with E-state index in [4.69, 9.17) is 16.3 Å². The molecule has 7 nitrogen and oxygen atoms in total. The molecule has 0 saturated carbocycles. The molecule has 2 rings (SSSR count). The highest BCUT2D eigenvalue weighted by Crippen LogP contribution is 2.35. The van der Waals surface area contributed by atoms with Gasteiger partial charge in [-0.1, -0.05) is 18.5 Å². The van der Waals surface area contributed by atoms with Gasteiger partial charge >= 0.3 is 6.36 Å². The Hall–Kier alpha value is -2.66. The quantitative estimate of drug-likeness (QED) is 0.604. The summed E-state index contributed by atoms with van der Waals surface area (Å²) in [5, 5.41) is 2.74. The summed E-state index contributed by atoms with van der Waals surface area (Å²) in [7, 11) is -2.61.